The molecule has 1 saturated heterocycles. The van der Waals surface area contributed by atoms with E-state index < -0.39 is 5.97 Å². The van der Waals surface area contributed by atoms with Crippen LogP contribution in [-0.4, -0.2) is 61.1 Å². The number of carbonyl (C=O) groups is 1. The number of nitrogens with zero attached hydrogens (tertiary/aromatic N) is 1. The highest BCUT2D eigenvalue weighted by atomic mass is 16.5. The fourth-order valence-electron chi connectivity index (χ4n) is 4.23. The number of ether oxygens (including phenoxy) is 3. The molecule has 1 aromatic carbocycles. The molecule has 2 unspecified atom stereocenters. The summed E-state index contributed by atoms with van der Waals surface area (Å²) in [6.07, 6.45) is 4.48. The Morgan fingerprint density at radius 1 is 1.28 bits per heavy atom. The molecule has 1 aliphatic heterocycles. The van der Waals surface area contributed by atoms with Gasteiger partial charge in [-0.15, -0.1) is 0 Å². The number of aliphatic carboxylic acids is 1. The molecule has 1 N–H and O–H groups in total. The Bertz CT molecular complexity index is 590. The molecular formula is C19H27NO5. The van der Waals surface area contributed by atoms with Crippen molar-refractivity contribution in [1.82, 2.24) is 4.90 Å². The molecule has 0 radical (unpaired) electrons. The van der Waals surface area contributed by atoms with Crippen molar-refractivity contribution in [2.24, 2.45) is 0 Å². The maximum Gasteiger partial charge on any atom is 0.341 e. The van der Waals surface area contributed by atoms with E-state index in [2.05, 4.69) is 4.90 Å². The molecule has 6 heteroatoms. The first-order valence-corrected chi connectivity index (χ1v) is 8.82. The standard InChI is InChI=1S/C19H27NO5/c1-23-16-7-8-19(24-2)9-10-20(17(19)11-16)12-14-3-5-15(6-4-14)25-13-18(21)22/h3-6,16-17H,7-13H2,1-2H3,(H,21,22)/t16?,17?,19-/m1/s1. The van der Waals surface area contributed by atoms with Gasteiger partial charge in [-0.1, -0.05) is 12.1 Å². The fraction of sp³-hybridized carbons (Fsp3) is 0.632. The van der Waals surface area contributed by atoms with Gasteiger partial charge in [0.1, 0.15) is 5.75 Å². The van der Waals surface area contributed by atoms with E-state index in [1.54, 1.807) is 7.11 Å². The summed E-state index contributed by atoms with van der Waals surface area (Å²) in [7, 11) is 3.62. The number of hydrogen-bond acceptors (Lipinski definition) is 5. The molecule has 2 fully saturated rings. The van der Waals surface area contributed by atoms with Gasteiger partial charge in [0, 0.05) is 33.4 Å². The fourth-order valence-corrected chi connectivity index (χ4v) is 4.23. The summed E-state index contributed by atoms with van der Waals surface area (Å²) in [5.74, 6) is -0.391. The minimum absolute atomic E-state index is 0.0421. The molecule has 1 aliphatic carbocycles. The molecule has 25 heavy (non-hydrogen) atoms. The normalized spacial score (nSPS) is 29.4. The maximum atomic E-state index is 10.6. The van der Waals surface area contributed by atoms with Crippen molar-refractivity contribution in [3.8, 4) is 5.75 Å². The van der Waals surface area contributed by atoms with E-state index >= 15 is 0 Å². The first kappa shape index (κ1) is 18.2. The van der Waals surface area contributed by atoms with Crippen molar-refractivity contribution in [2.45, 2.75) is 50.0 Å². The topological polar surface area (TPSA) is 68.2 Å². The molecule has 0 aromatic heterocycles. The van der Waals surface area contributed by atoms with Crippen LogP contribution >= 0.6 is 0 Å². The van der Waals surface area contributed by atoms with Gasteiger partial charge >= 0.3 is 5.97 Å². The summed E-state index contributed by atoms with van der Waals surface area (Å²) in [4.78, 5) is 13.0. The zero-order valence-electron chi connectivity index (χ0n) is 14.9. The summed E-state index contributed by atoms with van der Waals surface area (Å²) in [6, 6.07) is 8.04. The highest BCUT2D eigenvalue weighted by Crippen LogP contribution is 2.43. The Labute approximate surface area is 148 Å². The predicted molar refractivity (Wildman–Crippen MR) is 92.8 cm³/mol. The van der Waals surface area contributed by atoms with Gasteiger partial charge in [-0.2, -0.15) is 0 Å². The SMILES string of the molecule is COC1CC[C@@]2(OC)CCN(Cc3ccc(OCC(=O)O)cc3)C2C1. The van der Waals surface area contributed by atoms with Gasteiger partial charge in [0.15, 0.2) is 6.61 Å². The Balaban J connectivity index is 1.65. The van der Waals surface area contributed by atoms with Crippen LogP contribution in [0.4, 0.5) is 0 Å². The van der Waals surface area contributed by atoms with Crippen LogP contribution in [0.15, 0.2) is 24.3 Å². The van der Waals surface area contributed by atoms with E-state index in [-0.39, 0.29) is 12.2 Å². The zero-order chi connectivity index (χ0) is 17.9. The highest BCUT2D eigenvalue weighted by Gasteiger charge is 2.50. The maximum absolute atomic E-state index is 10.6. The third-order valence-electron chi connectivity index (χ3n) is 5.66. The molecule has 0 bridgehead atoms. The molecule has 1 saturated carbocycles. The Hall–Kier alpha value is -1.63. The molecule has 1 aromatic rings. The van der Waals surface area contributed by atoms with Gasteiger partial charge in [0.2, 0.25) is 0 Å². The van der Waals surface area contributed by atoms with Crippen LogP contribution in [0, 0.1) is 0 Å². The molecular weight excluding hydrogens is 322 g/mol. The van der Waals surface area contributed by atoms with Crippen LogP contribution in [0.1, 0.15) is 31.2 Å². The minimum atomic E-state index is -0.970. The molecule has 2 aliphatic rings. The Morgan fingerprint density at radius 2 is 2.04 bits per heavy atom. The highest BCUT2D eigenvalue weighted by molar-refractivity contribution is 5.68. The van der Waals surface area contributed by atoms with Crippen molar-refractivity contribution in [3.63, 3.8) is 0 Å². The average Bonchev–Trinajstić information content (AvgIpc) is 2.99. The molecule has 0 amide bonds. The smallest absolute Gasteiger partial charge is 0.341 e. The van der Waals surface area contributed by atoms with Crippen LogP contribution in [0.3, 0.4) is 0 Å². The van der Waals surface area contributed by atoms with Gasteiger partial charge < -0.3 is 19.3 Å². The number of rotatable bonds is 7. The number of methoxy groups -OCH3 is 2. The van der Waals surface area contributed by atoms with E-state index in [1.807, 2.05) is 31.4 Å². The van der Waals surface area contributed by atoms with Crippen molar-refractivity contribution in [2.75, 3.05) is 27.4 Å². The lowest BCUT2D eigenvalue weighted by molar-refractivity contribution is -0.139. The van der Waals surface area contributed by atoms with E-state index in [1.165, 1.54) is 5.56 Å². The van der Waals surface area contributed by atoms with Crippen LogP contribution in [0.5, 0.6) is 5.75 Å². The lowest BCUT2D eigenvalue weighted by Crippen LogP contribution is -2.51. The third-order valence-corrected chi connectivity index (χ3v) is 5.66. The molecule has 3 atom stereocenters. The second kappa shape index (κ2) is 7.72. The summed E-state index contributed by atoms with van der Waals surface area (Å²) < 4.78 is 16.8. The Morgan fingerprint density at radius 3 is 2.68 bits per heavy atom. The van der Waals surface area contributed by atoms with Gasteiger partial charge in [-0.25, -0.2) is 4.79 Å². The lowest BCUT2D eigenvalue weighted by Gasteiger charge is -2.43. The number of likely N-dealkylation sites (tertiary alicyclic amines) is 1. The molecule has 1 heterocycles. The van der Waals surface area contributed by atoms with Gasteiger partial charge in [-0.05, 0) is 43.4 Å². The molecule has 6 nitrogen and oxygen atoms in total. The summed E-state index contributed by atoms with van der Waals surface area (Å²) >= 11 is 0. The van der Waals surface area contributed by atoms with E-state index in [9.17, 15) is 4.79 Å². The third kappa shape index (κ3) is 3.97. The van der Waals surface area contributed by atoms with Crippen molar-refractivity contribution >= 4 is 5.97 Å². The van der Waals surface area contributed by atoms with Gasteiger partial charge in [0.25, 0.3) is 0 Å². The summed E-state index contributed by atoms with van der Waals surface area (Å²) in [5, 5.41) is 8.66. The van der Waals surface area contributed by atoms with Crippen LogP contribution < -0.4 is 4.74 Å². The molecule has 138 valence electrons. The van der Waals surface area contributed by atoms with E-state index in [0.29, 0.717) is 17.9 Å². The largest absolute Gasteiger partial charge is 0.482 e. The quantitative estimate of drug-likeness (QED) is 0.815. The predicted octanol–water partition coefficient (Wildman–Crippen LogP) is 2.31. The number of fused-ring (bicyclic) bond motifs is 1. The van der Waals surface area contributed by atoms with Gasteiger partial charge in [-0.3, -0.25) is 4.90 Å². The average molecular weight is 349 g/mol. The first-order chi connectivity index (χ1) is 12.1. The van der Waals surface area contributed by atoms with Crippen molar-refractivity contribution in [1.29, 1.82) is 0 Å². The summed E-state index contributed by atoms with van der Waals surface area (Å²) in [6.45, 7) is 1.56. The van der Waals surface area contributed by atoms with E-state index in [4.69, 9.17) is 19.3 Å². The van der Waals surface area contributed by atoms with Crippen LogP contribution in [0.2, 0.25) is 0 Å². The number of carboxylic acids is 1. The van der Waals surface area contributed by atoms with Crippen LogP contribution in [-0.2, 0) is 20.8 Å². The lowest BCUT2D eigenvalue weighted by atomic mass is 9.79. The van der Waals surface area contributed by atoms with E-state index in [0.717, 1.165) is 38.8 Å². The van der Waals surface area contributed by atoms with Crippen molar-refractivity contribution in [3.05, 3.63) is 29.8 Å². The van der Waals surface area contributed by atoms with Crippen LogP contribution in [0.25, 0.3) is 0 Å². The number of hydrogen-bond donors (Lipinski definition) is 1. The van der Waals surface area contributed by atoms with Gasteiger partial charge in [0.05, 0.1) is 11.7 Å². The Kier molecular flexibility index (Phi) is 5.61. The first-order valence-electron chi connectivity index (χ1n) is 8.82. The number of carboxylic acid groups (broad SMARTS) is 1. The molecule has 3 rings (SSSR count). The second-order valence-electron chi connectivity index (χ2n) is 6.96. The second-order valence-corrected chi connectivity index (χ2v) is 6.96. The van der Waals surface area contributed by atoms with Crippen molar-refractivity contribution < 1.29 is 24.1 Å². The summed E-state index contributed by atoms with van der Waals surface area (Å²) in [5.41, 5.74) is 1.15. The molecule has 0 spiro atoms. The minimum Gasteiger partial charge on any atom is -0.482 e. The number of benzene rings is 1. The monoisotopic (exact) mass is 349 g/mol. The zero-order valence-corrected chi connectivity index (χ0v) is 14.9.